The second kappa shape index (κ2) is 3.93. The summed E-state index contributed by atoms with van der Waals surface area (Å²) in [6.45, 7) is 0. The second-order valence-corrected chi connectivity index (χ2v) is 4.19. The van der Waals surface area contributed by atoms with E-state index in [2.05, 4.69) is 10.7 Å². The molecule has 0 heterocycles. The lowest BCUT2D eigenvalue weighted by Crippen LogP contribution is -2.61. The molecule has 0 N–H and O–H groups in total. The van der Waals surface area contributed by atoms with Crippen LogP contribution in [0.2, 0.25) is 0 Å². The van der Waals surface area contributed by atoms with Gasteiger partial charge in [-0.25, -0.2) is 4.21 Å². The van der Waals surface area contributed by atoms with Gasteiger partial charge in [0, 0.05) is 0 Å². The van der Waals surface area contributed by atoms with Crippen molar-refractivity contribution in [3.8, 4) is 0 Å². The summed E-state index contributed by atoms with van der Waals surface area (Å²) in [5, 5.41) is -6.23. The van der Waals surface area contributed by atoms with E-state index in [0.717, 1.165) is 0 Å². The number of alkyl halides is 9. The fraction of sp³-hybridized carbons (Fsp3) is 1.00. The van der Waals surface area contributed by atoms with Crippen molar-refractivity contribution in [2.45, 2.75) is 23.3 Å². The minimum Gasteiger partial charge on any atom is -0.236 e. The fourth-order valence-electron chi connectivity index (χ4n) is 0.462. The van der Waals surface area contributed by atoms with Gasteiger partial charge in [0.05, 0.1) is 0 Å². The molecule has 0 fully saturated rings. The summed E-state index contributed by atoms with van der Waals surface area (Å²) < 4.78 is 117. The minimum atomic E-state index is -7.06. The number of hydrogen-bond donors (Lipinski definition) is 0. The Kier molecular flexibility index (Phi) is 3.88. The van der Waals surface area contributed by atoms with Crippen molar-refractivity contribution >= 4 is 20.7 Å². The van der Waals surface area contributed by atoms with E-state index in [1.807, 2.05) is 0 Å². The molecular weight excluding hydrogens is 303 g/mol. The molecule has 1 atom stereocenters. The Morgan fingerprint density at radius 3 is 1.25 bits per heavy atom. The molecule has 0 radical (unpaired) electrons. The third-order valence-corrected chi connectivity index (χ3v) is 2.56. The molecule has 0 aromatic rings. The molecule has 16 heavy (non-hydrogen) atoms. The Morgan fingerprint density at radius 2 is 1.06 bits per heavy atom. The standard InChI is InChI=1S/C4ClF9OS/c5-16(15)4(13,14)2(8,9)1(6,7)3(10,11)12/t16-/m0/s1. The van der Waals surface area contributed by atoms with E-state index >= 15 is 0 Å². The van der Waals surface area contributed by atoms with Gasteiger partial charge >= 0.3 is 23.3 Å². The van der Waals surface area contributed by atoms with Gasteiger partial charge in [-0.15, -0.1) is 0 Å². The van der Waals surface area contributed by atoms with Crippen LogP contribution >= 0.6 is 10.7 Å². The lowest BCUT2D eigenvalue weighted by molar-refractivity contribution is -0.381. The third-order valence-electron chi connectivity index (χ3n) is 1.32. The van der Waals surface area contributed by atoms with Crippen molar-refractivity contribution < 1.29 is 43.7 Å². The van der Waals surface area contributed by atoms with Gasteiger partial charge in [0.25, 0.3) is 0 Å². The highest BCUT2D eigenvalue weighted by molar-refractivity contribution is 8.09. The second-order valence-electron chi connectivity index (χ2n) is 2.39. The maximum Gasteiger partial charge on any atom is 0.460 e. The zero-order chi connectivity index (χ0) is 13.6. The Hall–Kier alpha value is -0.190. The Morgan fingerprint density at radius 1 is 0.750 bits per heavy atom. The molecule has 0 bridgehead atoms. The zero-order valence-electron chi connectivity index (χ0n) is 6.60. The van der Waals surface area contributed by atoms with Crippen LogP contribution in [0.25, 0.3) is 0 Å². The van der Waals surface area contributed by atoms with Gasteiger partial charge in [0.15, 0.2) is 10.0 Å². The highest BCUT2D eigenvalue weighted by atomic mass is 35.7. The first kappa shape index (κ1) is 15.8. The summed E-state index contributed by atoms with van der Waals surface area (Å²) in [7, 11) is -0.466. The molecule has 0 saturated carbocycles. The first-order chi connectivity index (χ1) is 6.69. The molecular formula is C4ClF9OS. The van der Waals surface area contributed by atoms with Gasteiger partial charge in [-0.1, -0.05) is 0 Å². The van der Waals surface area contributed by atoms with E-state index in [4.69, 9.17) is 0 Å². The van der Waals surface area contributed by atoms with E-state index in [9.17, 15) is 43.7 Å². The number of hydrogen-bond acceptors (Lipinski definition) is 1. The number of rotatable bonds is 3. The maximum atomic E-state index is 12.2. The van der Waals surface area contributed by atoms with Gasteiger partial charge in [0.1, 0.15) is 0 Å². The normalized spacial score (nSPS) is 17.4. The number of halogens is 10. The van der Waals surface area contributed by atoms with Crippen molar-refractivity contribution in [1.82, 2.24) is 0 Å². The highest BCUT2D eigenvalue weighted by Crippen LogP contribution is 2.54. The summed E-state index contributed by atoms with van der Waals surface area (Å²) in [4.78, 5) is 0. The van der Waals surface area contributed by atoms with E-state index in [0.29, 0.717) is 0 Å². The topological polar surface area (TPSA) is 17.1 Å². The molecule has 0 unspecified atom stereocenters. The smallest absolute Gasteiger partial charge is 0.236 e. The van der Waals surface area contributed by atoms with Crippen molar-refractivity contribution in [3.05, 3.63) is 0 Å². The van der Waals surface area contributed by atoms with Crippen molar-refractivity contribution in [1.29, 1.82) is 0 Å². The summed E-state index contributed by atoms with van der Waals surface area (Å²) in [5.41, 5.74) is 0. The van der Waals surface area contributed by atoms with Gasteiger partial charge in [-0.2, -0.15) is 39.5 Å². The van der Waals surface area contributed by atoms with Crippen LogP contribution in [0.15, 0.2) is 0 Å². The molecule has 0 aromatic heterocycles. The Balaban J connectivity index is 5.62. The van der Waals surface area contributed by atoms with E-state index < -0.39 is 33.3 Å². The van der Waals surface area contributed by atoms with Crippen LogP contribution in [-0.4, -0.2) is 27.5 Å². The SMILES string of the molecule is O=[S@](Cl)C(F)(F)C(F)(F)C(F)(F)C(F)(F)F. The minimum absolute atomic E-state index is 3.95. The lowest BCUT2D eigenvalue weighted by atomic mass is 10.1. The molecule has 0 saturated heterocycles. The Labute approximate surface area is 88.5 Å². The monoisotopic (exact) mass is 302 g/mol. The molecule has 0 aliphatic heterocycles. The average Bonchev–Trinajstić information content (AvgIpc) is 2.00. The molecule has 12 heteroatoms. The van der Waals surface area contributed by atoms with Crippen LogP contribution in [0.5, 0.6) is 0 Å². The molecule has 0 spiro atoms. The predicted molar refractivity (Wildman–Crippen MR) is 34.9 cm³/mol. The van der Waals surface area contributed by atoms with Crippen LogP contribution in [0, 0.1) is 0 Å². The summed E-state index contributed by atoms with van der Waals surface area (Å²) in [6, 6.07) is 0. The zero-order valence-corrected chi connectivity index (χ0v) is 8.17. The molecule has 0 rings (SSSR count). The quantitative estimate of drug-likeness (QED) is 0.577. The van der Waals surface area contributed by atoms with E-state index in [-0.39, 0.29) is 0 Å². The van der Waals surface area contributed by atoms with Crippen LogP contribution in [0.3, 0.4) is 0 Å². The van der Waals surface area contributed by atoms with E-state index in [1.165, 1.54) is 0 Å². The molecule has 0 amide bonds. The molecule has 0 aromatic carbocycles. The van der Waals surface area contributed by atoms with Gasteiger partial charge in [-0.05, 0) is 10.7 Å². The van der Waals surface area contributed by atoms with Crippen molar-refractivity contribution in [3.63, 3.8) is 0 Å². The summed E-state index contributed by atoms with van der Waals surface area (Å²) in [6.07, 6.45) is -6.93. The lowest BCUT2D eigenvalue weighted by Gasteiger charge is -2.31. The first-order valence-corrected chi connectivity index (χ1v) is 4.95. The van der Waals surface area contributed by atoms with Crippen LogP contribution < -0.4 is 0 Å². The van der Waals surface area contributed by atoms with E-state index in [1.54, 1.807) is 0 Å². The summed E-state index contributed by atoms with van der Waals surface area (Å²) >= 11 is 0. The van der Waals surface area contributed by atoms with Crippen LogP contribution in [0.1, 0.15) is 0 Å². The Bertz CT molecular complexity index is 296. The van der Waals surface area contributed by atoms with Crippen molar-refractivity contribution in [2.24, 2.45) is 0 Å². The van der Waals surface area contributed by atoms with Gasteiger partial charge < -0.3 is 0 Å². The maximum absolute atomic E-state index is 12.2. The highest BCUT2D eigenvalue weighted by Gasteiger charge is 2.83. The molecule has 1 nitrogen and oxygen atoms in total. The first-order valence-electron chi connectivity index (χ1n) is 2.98. The summed E-state index contributed by atoms with van der Waals surface area (Å²) in [5.74, 6) is -14.0. The molecule has 0 aliphatic rings. The third kappa shape index (κ3) is 2.11. The van der Waals surface area contributed by atoms with Crippen LogP contribution in [0.4, 0.5) is 39.5 Å². The van der Waals surface area contributed by atoms with Gasteiger partial charge in [0.2, 0.25) is 0 Å². The van der Waals surface area contributed by atoms with Crippen LogP contribution in [-0.2, 0) is 10.0 Å². The molecule has 98 valence electrons. The van der Waals surface area contributed by atoms with Gasteiger partial charge in [-0.3, -0.25) is 0 Å². The average molecular weight is 303 g/mol. The molecule has 0 aliphatic carbocycles. The fourth-order valence-corrected chi connectivity index (χ4v) is 1.08. The van der Waals surface area contributed by atoms with Crippen molar-refractivity contribution in [2.75, 3.05) is 0 Å². The predicted octanol–water partition coefficient (Wildman–Crippen LogP) is 3.31. The largest absolute Gasteiger partial charge is 0.460 e.